The number of hydrogen-bond acceptors (Lipinski definition) is 3. The molecule has 1 amide bonds. The number of aromatic nitrogens is 1. The van der Waals surface area contributed by atoms with E-state index in [0.29, 0.717) is 11.7 Å². The van der Waals surface area contributed by atoms with Gasteiger partial charge in [0.15, 0.2) is 0 Å². The van der Waals surface area contributed by atoms with Crippen LogP contribution in [-0.4, -0.2) is 35.4 Å². The van der Waals surface area contributed by atoms with Gasteiger partial charge in [0.2, 0.25) is 5.91 Å². The van der Waals surface area contributed by atoms with Crippen LogP contribution in [0.25, 0.3) is 0 Å². The highest BCUT2D eigenvalue weighted by molar-refractivity contribution is 5.91. The second kappa shape index (κ2) is 7.39. The molecule has 0 aromatic carbocycles. The van der Waals surface area contributed by atoms with Gasteiger partial charge in [0, 0.05) is 18.7 Å². The molecular weight excluding hydrogens is 250 g/mol. The molecule has 4 nitrogen and oxygen atoms in total. The lowest BCUT2D eigenvalue weighted by Crippen LogP contribution is -2.37. The van der Waals surface area contributed by atoms with Crippen LogP contribution in [0.15, 0.2) is 24.4 Å². The van der Waals surface area contributed by atoms with Crippen molar-refractivity contribution in [1.29, 1.82) is 0 Å². The molecule has 0 bridgehead atoms. The molecule has 1 aromatic rings. The van der Waals surface area contributed by atoms with Crippen molar-refractivity contribution in [2.24, 2.45) is 11.8 Å². The number of piperidine rings is 1. The zero-order chi connectivity index (χ0) is 14.4. The Morgan fingerprint density at radius 2 is 2.05 bits per heavy atom. The van der Waals surface area contributed by atoms with Crippen LogP contribution in [0.3, 0.4) is 0 Å². The molecule has 1 N–H and O–H groups in total. The number of carbonyl (C=O) groups is 1. The van der Waals surface area contributed by atoms with Crippen molar-refractivity contribution in [2.75, 3.05) is 25.0 Å². The Morgan fingerprint density at radius 1 is 1.30 bits per heavy atom. The van der Waals surface area contributed by atoms with Gasteiger partial charge in [-0.3, -0.25) is 4.79 Å². The van der Waals surface area contributed by atoms with E-state index in [1.807, 2.05) is 25.1 Å². The largest absolute Gasteiger partial charge is 0.310 e. The summed E-state index contributed by atoms with van der Waals surface area (Å²) in [6.07, 6.45) is 5.63. The van der Waals surface area contributed by atoms with Crippen molar-refractivity contribution < 1.29 is 4.79 Å². The molecule has 0 saturated carbocycles. The summed E-state index contributed by atoms with van der Waals surface area (Å²) in [5, 5.41) is 2.89. The van der Waals surface area contributed by atoms with Crippen LogP contribution in [0.5, 0.6) is 0 Å². The molecule has 0 aliphatic carbocycles. The molecule has 20 heavy (non-hydrogen) atoms. The Kier molecular flexibility index (Phi) is 5.53. The van der Waals surface area contributed by atoms with E-state index in [9.17, 15) is 4.79 Å². The highest BCUT2D eigenvalue weighted by Crippen LogP contribution is 2.18. The van der Waals surface area contributed by atoms with Crippen LogP contribution in [0.4, 0.5) is 5.82 Å². The number of nitrogens with one attached hydrogen (secondary N) is 1. The third-order valence-electron chi connectivity index (χ3n) is 4.18. The second-order valence-corrected chi connectivity index (χ2v) is 5.83. The van der Waals surface area contributed by atoms with Gasteiger partial charge in [0.05, 0.1) is 0 Å². The Hall–Kier alpha value is -1.42. The SMILES string of the molecule is CC(CN1CCCCC1)C(C)C(=O)Nc1ccccn1. The smallest absolute Gasteiger partial charge is 0.228 e. The Balaban J connectivity index is 1.82. The van der Waals surface area contributed by atoms with Gasteiger partial charge in [-0.05, 0) is 44.0 Å². The molecule has 1 saturated heterocycles. The first kappa shape index (κ1) is 15.0. The first-order chi connectivity index (χ1) is 9.66. The number of likely N-dealkylation sites (tertiary alicyclic amines) is 1. The van der Waals surface area contributed by atoms with E-state index in [1.165, 1.54) is 32.4 Å². The van der Waals surface area contributed by atoms with Crippen LogP contribution in [0.1, 0.15) is 33.1 Å². The highest BCUT2D eigenvalue weighted by atomic mass is 16.1. The van der Waals surface area contributed by atoms with Crippen LogP contribution in [-0.2, 0) is 4.79 Å². The summed E-state index contributed by atoms with van der Waals surface area (Å²) in [6.45, 7) is 7.54. The molecule has 2 rings (SSSR count). The minimum atomic E-state index is -0.000988. The monoisotopic (exact) mass is 275 g/mol. The van der Waals surface area contributed by atoms with E-state index >= 15 is 0 Å². The molecule has 1 fully saturated rings. The summed E-state index contributed by atoms with van der Waals surface area (Å²) in [6, 6.07) is 5.54. The first-order valence-corrected chi connectivity index (χ1v) is 7.61. The molecule has 2 heterocycles. The normalized spacial score (nSPS) is 19.3. The summed E-state index contributed by atoms with van der Waals surface area (Å²) < 4.78 is 0. The van der Waals surface area contributed by atoms with Crippen molar-refractivity contribution in [3.05, 3.63) is 24.4 Å². The van der Waals surface area contributed by atoms with Gasteiger partial charge in [-0.1, -0.05) is 26.3 Å². The summed E-state index contributed by atoms with van der Waals surface area (Å²) in [5.41, 5.74) is 0. The lowest BCUT2D eigenvalue weighted by atomic mass is 9.93. The lowest BCUT2D eigenvalue weighted by Gasteiger charge is -2.31. The standard InChI is InChI=1S/C16H25N3O/c1-13(12-19-10-6-3-7-11-19)14(2)16(20)18-15-8-4-5-9-17-15/h4-5,8-9,13-14H,3,6-7,10-12H2,1-2H3,(H,17,18,20). The van der Waals surface area contributed by atoms with Gasteiger partial charge >= 0.3 is 0 Å². The molecule has 1 aromatic heterocycles. The number of carbonyl (C=O) groups excluding carboxylic acids is 1. The Morgan fingerprint density at radius 3 is 2.70 bits per heavy atom. The molecular formula is C16H25N3O. The van der Waals surface area contributed by atoms with Crippen molar-refractivity contribution in [3.8, 4) is 0 Å². The van der Waals surface area contributed by atoms with Gasteiger partial charge < -0.3 is 10.2 Å². The Bertz CT molecular complexity index is 415. The molecule has 4 heteroatoms. The third kappa shape index (κ3) is 4.30. The van der Waals surface area contributed by atoms with Crippen molar-refractivity contribution in [2.45, 2.75) is 33.1 Å². The van der Waals surface area contributed by atoms with E-state index in [-0.39, 0.29) is 11.8 Å². The average Bonchev–Trinajstić information content (AvgIpc) is 2.48. The Labute approximate surface area is 121 Å². The fraction of sp³-hybridized carbons (Fsp3) is 0.625. The van der Waals surface area contributed by atoms with Gasteiger partial charge in [0.1, 0.15) is 5.82 Å². The minimum Gasteiger partial charge on any atom is -0.310 e. The van der Waals surface area contributed by atoms with Crippen molar-refractivity contribution >= 4 is 11.7 Å². The summed E-state index contributed by atoms with van der Waals surface area (Å²) in [4.78, 5) is 18.8. The summed E-state index contributed by atoms with van der Waals surface area (Å²) >= 11 is 0. The summed E-state index contributed by atoms with van der Waals surface area (Å²) in [5.74, 6) is 1.05. The molecule has 2 atom stereocenters. The van der Waals surface area contributed by atoms with E-state index in [2.05, 4.69) is 22.1 Å². The molecule has 1 aliphatic heterocycles. The number of rotatable bonds is 5. The number of anilines is 1. The van der Waals surface area contributed by atoms with Gasteiger partial charge in [0.25, 0.3) is 0 Å². The number of hydrogen-bond donors (Lipinski definition) is 1. The molecule has 2 unspecified atom stereocenters. The van der Waals surface area contributed by atoms with E-state index in [4.69, 9.17) is 0 Å². The van der Waals surface area contributed by atoms with Crippen molar-refractivity contribution in [3.63, 3.8) is 0 Å². The lowest BCUT2D eigenvalue weighted by molar-refractivity contribution is -0.121. The number of pyridine rings is 1. The fourth-order valence-electron chi connectivity index (χ4n) is 2.64. The number of nitrogens with zero attached hydrogens (tertiary/aromatic N) is 2. The van der Waals surface area contributed by atoms with Crippen molar-refractivity contribution in [1.82, 2.24) is 9.88 Å². The van der Waals surface area contributed by atoms with Gasteiger partial charge in [-0.25, -0.2) is 4.98 Å². The first-order valence-electron chi connectivity index (χ1n) is 7.61. The predicted octanol–water partition coefficient (Wildman–Crippen LogP) is 2.78. The van der Waals surface area contributed by atoms with E-state index in [0.717, 1.165) is 6.54 Å². The van der Waals surface area contributed by atoms with Crippen LogP contribution < -0.4 is 5.32 Å². The maximum atomic E-state index is 12.2. The maximum absolute atomic E-state index is 12.2. The molecule has 0 spiro atoms. The number of amides is 1. The quantitative estimate of drug-likeness (QED) is 0.898. The fourth-order valence-corrected chi connectivity index (χ4v) is 2.64. The molecule has 0 radical (unpaired) electrons. The average molecular weight is 275 g/mol. The van der Waals surface area contributed by atoms with E-state index in [1.54, 1.807) is 6.20 Å². The topological polar surface area (TPSA) is 45.2 Å². The summed E-state index contributed by atoms with van der Waals surface area (Å²) in [7, 11) is 0. The van der Waals surface area contributed by atoms with Crippen LogP contribution in [0.2, 0.25) is 0 Å². The van der Waals surface area contributed by atoms with Crippen LogP contribution in [0, 0.1) is 11.8 Å². The van der Waals surface area contributed by atoms with E-state index < -0.39 is 0 Å². The minimum absolute atomic E-state index is 0.000988. The van der Waals surface area contributed by atoms with Crippen LogP contribution >= 0.6 is 0 Å². The molecule has 1 aliphatic rings. The second-order valence-electron chi connectivity index (χ2n) is 5.83. The zero-order valence-corrected chi connectivity index (χ0v) is 12.5. The van der Waals surface area contributed by atoms with Gasteiger partial charge in [-0.2, -0.15) is 0 Å². The third-order valence-corrected chi connectivity index (χ3v) is 4.18. The predicted molar refractivity (Wildman–Crippen MR) is 81.5 cm³/mol. The molecule has 110 valence electrons. The zero-order valence-electron chi connectivity index (χ0n) is 12.5. The highest BCUT2D eigenvalue weighted by Gasteiger charge is 2.23. The van der Waals surface area contributed by atoms with Gasteiger partial charge in [-0.15, -0.1) is 0 Å². The maximum Gasteiger partial charge on any atom is 0.228 e.